The fourth-order valence-corrected chi connectivity index (χ4v) is 2.56. The van der Waals surface area contributed by atoms with Crippen LogP contribution < -0.4 is 5.32 Å². The summed E-state index contributed by atoms with van der Waals surface area (Å²) in [6.07, 6.45) is 8.61. The van der Waals surface area contributed by atoms with Crippen molar-refractivity contribution in [2.45, 2.75) is 51.5 Å². The summed E-state index contributed by atoms with van der Waals surface area (Å²) in [6.45, 7) is 7.36. The number of rotatable bonds is 6. The lowest BCUT2D eigenvalue weighted by Gasteiger charge is -2.31. The van der Waals surface area contributed by atoms with Crippen LogP contribution >= 0.6 is 0 Å². The Bertz CT molecular complexity index is 169. The molecule has 2 rings (SSSR count). The van der Waals surface area contributed by atoms with Gasteiger partial charge in [-0.3, -0.25) is 0 Å². The molecule has 1 saturated heterocycles. The maximum absolute atomic E-state index is 3.72. The first-order valence-electron chi connectivity index (χ1n) is 6.84. The number of likely N-dealkylation sites (tertiary alicyclic amines) is 1. The quantitative estimate of drug-likeness (QED) is 0.676. The Morgan fingerprint density at radius 1 is 1.13 bits per heavy atom. The molecule has 1 aliphatic heterocycles. The van der Waals surface area contributed by atoms with E-state index in [2.05, 4.69) is 17.1 Å². The van der Waals surface area contributed by atoms with E-state index in [0.717, 1.165) is 12.0 Å². The fraction of sp³-hybridized carbons (Fsp3) is 1.00. The second kappa shape index (κ2) is 5.86. The van der Waals surface area contributed by atoms with Crippen LogP contribution in [0.15, 0.2) is 0 Å². The SMILES string of the molecule is CCN1CCC(NCCCC2CC2)CC1. The highest BCUT2D eigenvalue weighted by atomic mass is 15.1. The van der Waals surface area contributed by atoms with Crippen molar-refractivity contribution in [1.82, 2.24) is 10.2 Å². The van der Waals surface area contributed by atoms with Gasteiger partial charge in [0, 0.05) is 6.04 Å². The van der Waals surface area contributed by atoms with Crippen molar-refractivity contribution in [3.63, 3.8) is 0 Å². The van der Waals surface area contributed by atoms with Gasteiger partial charge in [0.25, 0.3) is 0 Å². The molecular weight excluding hydrogens is 184 g/mol. The van der Waals surface area contributed by atoms with E-state index in [4.69, 9.17) is 0 Å². The van der Waals surface area contributed by atoms with Crippen molar-refractivity contribution in [1.29, 1.82) is 0 Å². The molecule has 0 amide bonds. The Morgan fingerprint density at radius 3 is 2.47 bits per heavy atom. The first kappa shape index (κ1) is 11.4. The molecule has 2 fully saturated rings. The molecule has 1 N–H and O–H groups in total. The number of nitrogens with zero attached hydrogens (tertiary/aromatic N) is 1. The van der Waals surface area contributed by atoms with Crippen LogP contribution in [0.3, 0.4) is 0 Å². The Hall–Kier alpha value is -0.0800. The molecule has 0 aromatic carbocycles. The predicted octanol–water partition coefficient (Wildman–Crippen LogP) is 2.25. The molecule has 1 heterocycles. The van der Waals surface area contributed by atoms with Crippen molar-refractivity contribution in [2.24, 2.45) is 5.92 Å². The first-order chi connectivity index (χ1) is 7.38. The van der Waals surface area contributed by atoms with Crippen LogP contribution in [-0.2, 0) is 0 Å². The summed E-state index contributed by atoms with van der Waals surface area (Å²) < 4.78 is 0. The summed E-state index contributed by atoms with van der Waals surface area (Å²) in [7, 11) is 0. The predicted molar refractivity (Wildman–Crippen MR) is 65.1 cm³/mol. The van der Waals surface area contributed by atoms with E-state index in [1.54, 1.807) is 0 Å². The van der Waals surface area contributed by atoms with Gasteiger partial charge in [0.1, 0.15) is 0 Å². The van der Waals surface area contributed by atoms with Gasteiger partial charge in [-0.25, -0.2) is 0 Å². The lowest BCUT2D eigenvalue weighted by atomic mass is 10.0. The van der Waals surface area contributed by atoms with E-state index in [-0.39, 0.29) is 0 Å². The monoisotopic (exact) mass is 210 g/mol. The van der Waals surface area contributed by atoms with Gasteiger partial charge in [0.05, 0.1) is 0 Å². The molecule has 88 valence electrons. The summed E-state index contributed by atoms with van der Waals surface area (Å²) >= 11 is 0. The van der Waals surface area contributed by atoms with Crippen LogP contribution in [0.5, 0.6) is 0 Å². The van der Waals surface area contributed by atoms with Gasteiger partial charge >= 0.3 is 0 Å². The van der Waals surface area contributed by atoms with E-state index in [1.165, 1.54) is 64.7 Å². The smallest absolute Gasteiger partial charge is 0.00914 e. The van der Waals surface area contributed by atoms with E-state index < -0.39 is 0 Å². The Labute approximate surface area is 94.4 Å². The minimum absolute atomic E-state index is 0.812. The van der Waals surface area contributed by atoms with Gasteiger partial charge in [-0.1, -0.05) is 19.8 Å². The second-order valence-electron chi connectivity index (χ2n) is 5.25. The van der Waals surface area contributed by atoms with E-state index in [9.17, 15) is 0 Å². The zero-order valence-corrected chi connectivity index (χ0v) is 10.2. The molecule has 0 radical (unpaired) electrons. The van der Waals surface area contributed by atoms with Gasteiger partial charge in [0.15, 0.2) is 0 Å². The topological polar surface area (TPSA) is 15.3 Å². The Morgan fingerprint density at radius 2 is 1.87 bits per heavy atom. The summed E-state index contributed by atoms with van der Waals surface area (Å²) in [5.74, 6) is 1.11. The van der Waals surface area contributed by atoms with E-state index in [1.807, 2.05) is 0 Å². The highest BCUT2D eigenvalue weighted by Gasteiger charge is 2.21. The van der Waals surface area contributed by atoms with Gasteiger partial charge in [-0.05, 0) is 57.8 Å². The average Bonchev–Trinajstić information content (AvgIpc) is 3.09. The first-order valence-corrected chi connectivity index (χ1v) is 6.84. The molecule has 15 heavy (non-hydrogen) atoms. The largest absolute Gasteiger partial charge is 0.314 e. The normalized spacial score (nSPS) is 24.6. The van der Waals surface area contributed by atoms with Crippen molar-refractivity contribution in [2.75, 3.05) is 26.2 Å². The summed E-state index contributed by atoms with van der Waals surface area (Å²) in [6, 6.07) is 0.812. The van der Waals surface area contributed by atoms with Crippen LogP contribution in [0.1, 0.15) is 45.4 Å². The molecule has 2 heteroatoms. The summed E-state index contributed by atoms with van der Waals surface area (Å²) in [5.41, 5.74) is 0. The zero-order chi connectivity index (χ0) is 10.5. The molecule has 0 bridgehead atoms. The number of piperidine rings is 1. The van der Waals surface area contributed by atoms with Crippen LogP contribution in [0, 0.1) is 5.92 Å². The maximum Gasteiger partial charge on any atom is 0.00914 e. The lowest BCUT2D eigenvalue weighted by Crippen LogP contribution is -2.42. The second-order valence-corrected chi connectivity index (χ2v) is 5.25. The van der Waals surface area contributed by atoms with E-state index >= 15 is 0 Å². The minimum Gasteiger partial charge on any atom is -0.314 e. The third-order valence-corrected chi connectivity index (χ3v) is 3.95. The van der Waals surface area contributed by atoms with Crippen LogP contribution in [-0.4, -0.2) is 37.1 Å². The van der Waals surface area contributed by atoms with Crippen molar-refractivity contribution < 1.29 is 0 Å². The molecule has 0 atom stereocenters. The highest BCUT2D eigenvalue weighted by Crippen LogP contribution is 2.33. The summed E-state index contributed by atoms with van der Waals surface area (Å²) in [4.78, 5) is 2.56. The molecule has 0 aromatic heterocycles. The molecule has 2 aliphatic rings. The van der Waals surface area contributed by atoms with Crippen molar-refractivity contribution in [3.8, 4) is 0 Å². The summed E-state index contributed by atoms with van der Waals surface area (Å²) in [5, 5.41) is 3.72. The minimum atomic E-state index is 0.812. The molecular formula is C13H26N2. The number of nitrogens with one attached hydrogen (secondary N) is 1. The average molecular weight is 210 g/mol. The highest BCUT2D eigenvalue weighted by molar-refractivity contribution is 4.77. The van der Waals surface area contributed by atoms with Crippen LogP contribution in [0.25, 0.3) is 0 Å². The van der Waals surface area contributed by atoms with Gasteiger partial charge in [0.2, 0.25) is 0 Å². The third kappa shape index (κ3) is 4.12. The fourth-order valence-electron chi connectivity index (χ4n) is 2.56. The van der Waals surface area contributed by atoms with Crippen molar-refractivity contribution in [3.05, 3.63) is 0 Å². The molecule has 0 unspecified atom stereocenters. The zero-order valence-electron chi connectivity index (χ0n) is 10.2. The molecule has 0 aromatic rings. The number of hydrogen-bond donors (Lipinski definition) is 1. The molecule has 1 aliphatic carbocycles. The molecule has 2 nitrogen and oxygen atoms in total. The maximum atomic E-state index is 3.72. The van der Waals surface area contributed by atoms with E-state index in [0.29, 0.717) is 0 Å². The van der Waals surface area contributed by atoms with Gasteiger partial charge in [-0.2, -0.15) is 0 Å². The molecule has 0 spiro atoms. The van der Waals surface area contributed by atoms with Gasteiger partial charge in [-0.15, -0.1) is 0 Å². The molecule has 1 saturated carbocycles. The van der Waals surface area contributed by atoms with Crippen molar-refractivity contribution >= 4 is 0 Å². The number of hydrogen-bond acceptors (Lipinski definition) is 2. The standard InChI is InChI=1S/C13H26N2/c1-2-15-10-7-13(8-11-15)14-9-3-4-12-5-6-12/h12-14H,2-11H2,1H3. The van der Waals surface area contributed by atoms with Crippen LogP contribution in [0.2, 0.25) is 0 Å². The Kier molecular flexibility index (Phi) is 4.45. The Balaban J connectivity index is 1.48. The lowest BCUT2D eigenvalue weighted by molar-refractivity contribution is 0.206. The third-order valence-electron chi connectivity index (χ3n) is 3.95. The van der Waals surface area contributed by atoms with Gasteiger partial charge < -0.3 is 10.2 Å². The van der Waals surface area contributed by atoms with Crippen LogP contribution in [0.4, 0.5) is 0 Å².